The molecule has 0 saturated heterocycles. The Hall–Kier alpha value is -2.12. The molecule has 25 heavy (non-hydrogen) atoms. The van der Waals surface area contributed by atoms with Crippen molar-refractivity contribution in [3.63, 3.8) is 0 Å². The molecule has 0 N–H and O–H groups in total. The molecule has 0 saturated carbocycles. The van der Waals surface area contributed by atoms with E-state index >= 15 is 0 Å². The molecule has 0 aliphatic carbocycles. The number of hydrogen-bond donors (Lipinski definition) is 0. The second-order valence-electron chi connectivity index (χ2n) is 5.44. The first-order chi connectivity index (χ1) is 11.8. The van der Waals surface area contributed by atoms with Gasteiger partial charge in [0.2, 0.25) is 5.16 Å². The molecular formula is C18H17BrN4OS. The van der Waals surface area contributed by atoms with Crippen LogP contribution in [-0.4, -0.2) is 33.4 Å². The Kier molecular flexibility index (Phi) is 5.55. The van der Waals surface area contributed by atoms with Gasteiger partial charge in [0.05, 0.1) is 12.8 Å². The summed E-state index contributed by atoms with van der Waals surface area (Å²) >= 11 is 1.67. The van der Waals surface area contributed by atoms with E-state index in [9.17, 15) is 0 Å². The van der Waals surface area contributed by atoms with Crippen LogP contribution in [0.5, 0.6) is 5.75 Å². The van der Waals surface area contributed by atoms with E-state index in [0.717, 1.165) is 39.3 Å². The van der Waals surface area contributed by atoms with Gasteiger partial charge >= 0.3 is 0 Å². The minimum absolute atomic E-state index is 0. The number of rotatable bonds is 4. The monoisotopic (exact) mass is 416 g/mol. The van der Waals surface area contributed by atoms with E-state index in [1.807, 2.05) is 47.1 Å². The Bertz CT molecular complexity index is 878. The molecule has 7 heteroatoms. The van der Waals surface area contributed by atoms with Gasteiger partial charge in [0.1, 0.15) is 5.75 Å². The molecular weight excluding hydrogens is 400 g/mol. The molecule has 3 aromatic rings. The average molecular weight is 417 g/mol. The van der Waals surface area contributed by atoms with Crippen LogP contribution in [0.15, 0.2) is 64.9 Å². The quantitative estimate of drug-likeness (QED) is 0.648. The average Bonchev–Trinajstić information content (AvgIpc) is 3.05. The van der Waals surface area contributed by atoms with Crippen molar-refractivity contribution in [2.75, 3.05) is 12.9 Å². The summed E-state index contributed by atoms with van der Waals surface area (Å²) in [4.78, 5) is 0. The van der Waals surface area contributed by atoms with Crippen LogP contribution >= 0.6 is 28.7 Å². The van der Waals surface area contributed by atoms with E-state index in [4.69, 9.17) is 9.84 Å². The molecule has 0 unspecified atom stereocenters. The normalized spacial score (nSPS) is 12.8. The Morgan fingerprint density at radius 3 is 2.52 bits per heavy atom. The van der Waals surface area contributed by atoms with Crippen molar-refractivity contribution >= 4 is 34.5 Å². The van der Waals surface area contributed by atoms with E-state index in [2.05, 4.69) is 22.3 Å². The van der Waals surface area contributed by atoms with Gasteiger partial charge in [-0.3, -0.25) is 0 Å². The smallest absolute Gasteiger partial charge is 0.212 e. The van der Waals surface area contributed by atoms with E-state index in [-0.39, 0.29) is 17.0 Å². The molecule has 0 radical (unpaired) electrons. The van der Waals surface area contributed by atoms with Crippen molar-refractivity contribution in [3.05, 3.63) is 71.5 Å². The van der Waals surface area contributed by atoms with Crippen LogP contribution in [0.2, 0.25) is 0 Å². The van der Waals surface area contributed by atoms with Gasteiger partial charge in [-0.1, -0.05) is 54.2 Å². The number of halogens is 1. The zero-order valence-corrected chi connectivity index (χ0v) is 16.2. The third kappa shape index (κ3) is 3.77. The zero-order chi connectivity index (χ0) is 16.4. The Labute approximate surface area is 160 Å². The third-order valence-corrected chi connectivity index (χ3v) is 4.79. The molecule has 0 spiro atoms. The van der Waals surface area contributed by atoms with Crippen LogP contribution in [0, 0.1) is 0 Å². The van der Waals surface area contributed by atoms with Crippen LogP contribution in [0.1, 0.15) is 17.0 Å². The second-order valence-corrected chi connectivity index (χ2v) is 6.38. The van der Waals surface area contributed by atoms with E-state index in [1.54, 1.807) is 18.9 Å². The lowest BCUT2D eigenvalue weighted by Crippen LogP contribution is -2.14. The van der Waals surface area contributed by atoms with Crippen molar-refractivity contribution in [1.29, 1.82) is 0 Å². The first-order valence-corrected chi connectivity index (χ1v) is 8.65. The van der Waals surface area contributed by atoms with Crippen molar-refractivity contribution in [2.24, 2.45) is 5.10 Å². The predicted octanol–water partition coefficient (Wildman–Crippen LogP) is 3.81. The topological polar surface area (TPSA) is 52.3 Å². The van der Waals surface area contributed by atoms with Gasteiger partial charge in [0.25, 0.3) is 0 Å². The van der Waals surface area contributed by atoms with Crippen LogP contribution < -0.4 is 4.74 Å². The first-order valence-electron chi connectivity index (χ1n) is 7.67. The Balaban J connectivity index is 0.00000182. The molecule has 1 aromatic heterocycles. The largest absolute Gasteiger partial charge is 0.497 e. The van der Waals surface area contributed by atoms with Gasteiger partial charge in [-0.05, 0) is 23.3 Å². The van der Waals surface area contributed by atoms with E-state index in [0.29, 0.717) is 6.42 Å². The Morgan fingerprint density at radius 2 is 1.80 bits per heavy atom. The number of aromatic nitrogens is 3. The lowest BCUT2D eigenvalue weighted by Gasteiger charge is -2.14. The number of benzene rings is 2. The fourth-order valence-corrected chi connectivity index (χ4v) is 3.43. The summed E-state index contributed by atoms with van der Waals surface area (Å²) in [6, 6.07) is 18.2. The van der Waals surface area contributed by atoms with Crippen molar-refractivity contribution in [3.8, 4) is 5.75 Å². The molecule has 1 aliphatic rings. The first kappa shape index (κ1) is 17.7. The molecule has 0 fully saturated rings. The number of methoxy groups -OCH3 is 1. The highest BCUT2D eigenvalue weighted by atomic mass is 79.9. The highest BCUT2D eigenvalue weighted by Gasteiger charge is 2.19. The van der Waals surface area contributed by atoms with Gasteiger partial charge in [-0.25, -0.2) is 0 Å². The summed E-state index contributed by atoms with van der Waals surface area (Å²) in [6.07, 6.45) is 0.684. The summed E-state index contributed by atoms with van der Waals surface area (Å²) in [5.41, 5.74) is 3.33. The number of hydrogen-bond acceptors (Lipinski definition) is 5. The minimum Gasteiger partial charge on any atom is -0.497 e. The maximum Gasteiger partial charge on any atom is 0.212 e. The zero-order valence-electron chi connectivity index (χ0n) is 13.6. The molecule has 2 aromatic carbocycles. The second kappa shape index (κ2) is 7.84. The molecule has 0 amide bonds. The molecule has 0 atom stereocenters. The maximum atomic E-state index is 5.20. The van der Waals surface area contributed by atoms with Gasteiger partial charge < -0.3 is 4.74 Å². The highest BCUT2D eigenvalue weighted by molar-refractivity contribution is 8.93. The standard InChI is InChI=1S/C18H16N4OS.BrH/c1-23-15-9-7-13(8-10-15)11-17-19-20-18-22(17)21-16(12-24-18)14-5-3-2-4-6-14;/h2-10H,11-12H2,1H3;1H. The number of ether oxygens (including phenoxy) is 1. The molecule has 2 heterocycles. The molecule has 5 nitrogen and oxygen atoms in total. The Morgan fingerprint density at radius 1 is 1.04 bits per heavy atom. The lowest BCUT2D eigenvalue weighted by molar-refractivity contribution is 0.414. The van der Waals surface area contributed by atoms with Crippen LogP contribution in [0.25, 0.3) is 0 Å². The summed E-state index contributed by atoms with van der Waals surface area (Å²) in [5, 5.41) is 14.2. The van der Waals surface area contributed by atoms with Crippen molar-refractivity contribution in [1.82, 2.24) is 14.9 Å². The summed E-state index contributed by atoms with van der Waals surface area (Å²) < 4.78 is 7.06. The summed E-state index contributed by atoms with van der Waals surface area (Å²) in [5.74, 6) is 2.50. The fraction of sp³-hybridized carbons (Fsp3) is 0.167. The van der Waals surface area contributed by atoms with Crippen molar-refractivity contribution < 1.29 is 4.74 Å². The molecule has 4 rings (SSSR count). The van der Waals surface area contributed by atoms with Crippen LogP contribution in [0.4, 0.5) is 0 Å². The third-order valence-electron chi connectivity index (χ3n) is 3.86. The number of fused-ring (bicyclic) bond motifs is 1. The van der Waals surface area contributed by atoms with Gasteiger partial charge in [-0.2, -0.15) is 9.78 Å². The highest BCUT2D eigenvalue weighted by Crippen LogP contribution is 2.25. The van der Waals surface area contributed by atoms with Crippen LogP contribution in [0.3, 0.4) is 0 Å². The molecule has 128 valence electrons. The van der Waals surface area contributed by atoms with Gasteiger partial charge in [0.15, 0.2) is 5.82 Å². The van der Waals surface area contributed by atoms with Gasteiger partial charge in [0, 0.05) is 12.2 Å². The molecule has 1 aliphatic heterocycles. The SMILES string of the molecule is Br.COc1ccc(Cc2nnc3n2N=C(c2ccccc2)CS3)cc1. The maximum absolute atomic E-state index is 5.20. The minimum atomic E-state index is 0. The van der Waals surface area contributed by atoms with E-state index in [1.165, 1.54) is 0 Å². The number of thioether (sulfide) groups is 1. The fourth-order valence-electron chi connectivity index (χ4n) is 2.58. The van der Waals surface area contributed by atoms with Crippen molar-refractivity contribution in [2.45, 2.75) is 11.6 Å². The predicted molar refractivity (Wildman–Crippen MR) is 105 cm³/mol. The molecule has 0 bridgehead atoms. The lowest BCUT2D eigenvalue weighted by atomic mass is 10.1. The van der Waals surface area contributed by atoms with E-state index < -0.39 is 0 Å². The number of nitrogens with zero attached hydrogens (tertiary/aromatic N) is 4. The summed E-state index contributed by atoms with van der Waals surface area (Å²) in [6.45, 7) is 0. The summed E-state index contributed by atoms with van der Waals surface area (Å²) in [7, 11) is 1.67. The van der Waals surface area contributed by atoms with Crippen LogP contribution in [-0.2, 0) is 6.42 Å². The van der Waals surface area contributed by atoms with Gasteiger partial charge in [-0.15, -0.1) is 27.2 Å².